The number of rotatable bonds is 7. The summed E-state index contributed by atoms with van der Waals surface area (Å²) in [5.41, 5.74) is 18.3. The molecule has 19 heavy (non-hydrogen) atoms. The Hall–Kier alpha value is -0.120. The van der Waals surface area contributed by atoms with Crippen LogP contribution in [0.2, 0.25) is 0 Å². The highest BCUT2D eigenvalue weighted by Gasteiger charge is 2.42. The van der Waals surface area contributed by atoms with Crippen LogP contribution < -0.4 is 17.2 Å². The van der Waals surface area contributed by atoms with Crippen LogP contribution in [0.5, 0.6) is 0 Å². The van der Waals surface area contributed by atoms with Crippen molar-refractivity contribution < 1.29 is 0 Å². The van der Waals surface area contributed by atoms with Crippen molar-refractivity contribution in [2.24, 2.45) is 28.5 Å². The molecule has 3 heteroatoms. The van der Waals surface area contributed by atoms with Gasteiger partial charge in [0.25, 0.3) is 0 Å². The molecule has 0 fully saturated rings. The number of hydrogen-bond acceptors (Lipinski definition) is 3. The Morgan fingerprint density at radius 3 is 1.47 bits per heavy atom. The van der Waals surface area contributed by atoms with E-state index in [1.54, 1.807) is 0 Å². The van der Waals surface area contributed by atoms with Gasteiger partial charge in [-0.2, -0.15) is 0 Å². The number of nitrogens with two attached hydrogens (primary N) is 3. The Balaban J connectivity index is 4.85. The van der Waals surface area contributed by atoms with Crippen LogP contribution in [0.4, 0.5) is 0 Å². The molecular formula is C16H37N3. The Labute approximate surface area is 120 Å². The first kappa shape index (κ1) is 18.9. The van der Waals surface area contributed by atoms with Crippen LogP contribution in [0.25, 0.3) is 0 Å². The second-order valence-corrected chi connectivity index (χ2v) is 8.72. The van der Waals surface area contributed by atoms with Gasteiger partial charge in [0.2, 0.25) is 0 Å². The largest absolute Gasteiger partial charge is 0.326 e. The van der Waals surface area contributed by atoms with E-state index in [1.807, 2.05) is 0 Å². The van der Waals surface area contributed by atoms with Gasteiger partial charge in [0.15, 0.2) is 0 Å². The maximum absolute atomic E-state index is 6.63. The Morgan fingerprint density at radius 1 is 0.737 bits per heavy atom. The van der Waals surface area contributed by atoms with Crippen LogP contribution in [0.15, 0.2) is 0 Å². The smallest absolute Gasteiger partial charge is 0.0180 e. The van der Waals surface area contributed by atoms with Gasteiger partial charge in [-0.25, -0.2) is 0 Å². The first-order chi connectivity index (χ1) is 8.08. The Kier molecular flexibility index (Phi) is 5.67. The zero-order chi connectivity index (χ0) is 15.7. The summed E-state index contributed by atoms with van der Waals surface area (Å²) in [6, 6.07) is 0. The molecule has 116 valence electrons. The molecule has 0 saturated carbocycles. The van der Waals surface area contributed by atoms with E-state index >= 15 is 0 Å². The molecule has 0 saturated heterocycles. The van der Waals surface area contributed by atoms with Crippen molar-refractivity contribution in [2.45, 2.75) is 91.3 Å². The summed E-state index contributed by atoms with van der Waals surface area (Å²) in [6.07, 6.45) is 2.83. The van der Waals surface area contributed by atoms with Gasteiger partial charge in [0.1, 0.15) is 0 Å². The third-order valence-corrected chi connectivity index (χ3v) is 4.82. The maximum atomic E-state index is 6.63. The van der Waals surface area contributed by atoms with Crippen molar-refractivity contribution in [1.82, 2.24) is 0 Å². The molecule has 0 heterocycles. The van der Waals surface area contributed by atoms with Crippen LogP contribution >= 0.6 is 0 Å². The second-order valence-electron chi connectivity index (χ2n) is 8.72. The van der Waals surface area contributed by atoms with E-state index in [0.717, 1.165) is 19.3 Å². The predicted octanol–water partition coefficient (Wildman–Crippen LogP) is 3.01. The van der Waals surface area contributed by atoms with Gasteiger partial charge in [-0.05, 0) is 65.2 Å². The van der Waals surface area contributed by atoms with Gasteiger partial charge in [-0.15, -0.1) is 0 Å². The molecule has 0 aliphatic carbocycles. The van der Waals surface area contributed by atoms with Crippen molar-refractivity contribution in [3.8, 4) is 0 Å². The van der Waals surface area contributed by atoms with E-state index in [0.29, 0.717) is 5.92 Å². The molecule has 0 spiro atoms. The summed E-state index contributed by atoms with van der Waals surface area (Å²) in [5, 5.41) is 0. The molecular weight excluding hydrogens is 234 g/mol. The molecule has 0 aliphatic rings. The lowest BCUT2D eigenvalue weighted by molar-refractivity contribution is 0.0747. The van der Waals surface area contributed by atoms with Crippen LogP contribution in [0.3, 0.4) is 0 Å². The molecule has 0 aromatic heterocycles. The van der Waals surface area contributed by atoms with Crippen molar-refractivity contribution in [3.05, 3.63) is 0 Å². The van der Waals surface area contributed by atoms with Crippen molar-refractivity contribution in [3.63, 3.8) is 0 Å². The monoisotopic (exact) mass is 271 g/mol. The van der Waals surface area contributed by atoms with Crippen molar-refractivity contribution in [2.75, 3.05) is 0 Å². The Morgan fingerprint density at radius 2 is 1.16 bits per heavy atom. The standard InChI is InChI=1S/C16H37N3/c1-12(11-14(4,5)18)15(6,7)16(8,19)10-9-13(2,3)17/h12H,9-11,17-19H2,1-8H3. The lowest BCUT2D eigenvalue weighted by Crippen LogP contribution is -2.55. The normalized spacial score (nSPS) is 19.1. The summed E-state index contributed by atoms with van der Waals surface area (Å²) in [6.45, 7) is 17.2. The minimum absolute atomic E-state index is 0.0227. The highest BCUT2D eigenvalue weighted by Crippen LogP contribution is 2.42. The first-order valence-electron chi connectivity index (χ1n) is 7.45. The predicted molar refractivity (Wildman–Crippen MR) is 85.9 cm³/mol. The molecule has 3 nitrogen and oxygen atoms in total. The molecule has 2 atom stereocenters. The summed E-state index contributed by atoms with van der Waals surface area (Å²) >= 11 is 0. The van der Waals surface area contributed by atoms with Gasteiger partial charge in [0, 0.05) is 16.6 Å². The fraction of sp³-hybridized carbons (Fsp3) is 1.00. The molecule has 0 aromatic rings. The minimum Gasteiger partial charge on any atom is -0.326 e. The van der Waals surface area contributed by atoms with Crippen LogP contribution in [-0.2, 0) is 0 Å². The van der Waals surface area contributed by atoms with E-state index in [1.165, 1.54) is 0 Å². The van der Waals surface area contributed by atoms with Crippen molar-refractivity contribution in [1.29, 1.82) is 0 Å². The fourth-order valence-electron chi connectivity index (χ4n) is 2.51. The van der Waals surface area contributed by atoms with Crippen LogP contribution in [0.1, 0.15) is 74.7 Å². The molecule has 6 N–H and O–H groups in total. The third kappa shape index (κ3) is 6.24. The zero-order valence-electron chi connectivity index (χ0n) is 14.4. The molecule has 0 radical (unpaired) electrons. The van der Waals surface area contributed by atoms with Gasteiger partial charge in [-0.1, -0.05) is 20.8 Å². The molecule has 2 unspecified atom stereocenters. The van der Waals surface area contributed by atoms with Gasteiger partial charge in [0.05, 0.1) is 0 Å². The second kappa shape index (κ2) is 5.71. The topological polar surface area (TPSA) is 78.1 Å². The average Bonchev–Trinajstić information content (AvgIpc) is 2.10. The third-order valence-electron chi connectivity index (χ3n) is 4.82. The van der Waals surface area contributed by atoms with E-state index in [4.69, 9.17) is 17.2 Å². The highest BCUT2D eigenvalue weighted by atomic mass is 14.8. The van der Waals surface area contributed by atoms with E-state index in [9.17, 15) is 0 Å². The van der Waals surface area contributed by atoms with Crippen LogP contribution in [0, 0.1) is 11.3 Å². The quantitative estimate of drug-likeness (QED) is 0.666. The SMILES string of the molecule is CC(CC(C)(C)N)C(C)(C)C(C)(N)CCC(C)(C)N. The summed E-state index contributed by atoms with van der Waals surface area (Å²) < 4.78 is 0. The van der Waals surface area contributed by atoms with Crippen LogP contribution in [-0.4, -0.2) is 16.6 Å². The van der Waals surface area contributed by atoms with E-state index in [2.05, 4.69) is 55.4 Å². The molecule has 0 bridgehead atoms. The lowest BCUT2D eigenvalue weighted by atomic mass is 9.61. The molecule has 0 rings (SSSR count). The van der Waals surface area contributed by atoms with E-state index < -0.39 is 0 Å². The average molecular weight is 271 g/mol. The van der Waals surface area contributed by atoms with E-state index in [-0.39, 0.29) is 22.0 Å². The van der Waals surface area contributed by atoms with Gasteiger partial charge in [-0.3, -0.25) is 0 Å². The maximum Gasteiger partial charge on any atom is 0.0180 e. The zero-order valence-corrected chi connectivity index (χ0v) is 14.4. The minimum atomic E-state index is -0.242. The first-order valence-corrected chi connectivity index (χ1v) is 7.45. The molecule has 0 amide bonds. The van der Waals surface area contributed by atoms with Gasteiger partial charge >= 0.3 is 0 Å². The lowest BCUT2D eigenvalue weighted by Gasteiger charge is -2.48. The number of hydrogen-bond donors (Lipinski definition) is 3. The van der Waals surface area contributed by atoms with Gasteiger partial charge < -0.3 is 17.2 Å². The highest BCUT2D eigenvalue weighted by molar-refractivity contribution is 4.99. The van der Waals surface area contributed by atoms with Crippen molar-refractivity contribution >= 4 is 0 Å². The molecule has 0 aromatic carbocycles. The summed E-state index contributed by atoms with van der Waals surface area (Å²) in [5.74, 6) is 0.461. The summed E-state index contributed by atoms with van der Waals surface area (Å²) in [4.78, 5) is 0. The molecule has 0 aliphatic heterocycles. The summed E-state index contributed by atoms with van der Waals surface area (Å²) in [7, 11) is 0. The Bertz CT molecular complexity index is 279. The fourth-order valence-corrected chi connectivity index (χ4v) is 2.51.